The summed E-state index contributed by atoms with van der Waals surface area (Å²) in [5, 5.41) is 8.78. The van der Waals surface area contributed by atoms with Crippen LogP contribution in [0.5, 0.6) is 0 Å². The Labute approximate surface area is 87.5 Å². The van der Waals surface area contributed by atoms with Crippen molar-refractivity contribution in [2.45, 2.75) is 39.5 Å². The predicted octanol–water partition coefficient (Wildman–Crippen LogP) is 2.96. The molecular weight excluding hydrogens is 184 g/mol. The molecule has 0 atom stereocenters. The first kappa shape index (κ1) is 15.1. The Hall–Kier alpha value is -0.440. The zero-order chi connectivity index (χ0) is 9.61. The fourth-order valence-corrected chi connectivity index (χ4v) is 0.963. The monoisotopic (exact) mass is 204 g/mol. The third-order valence-electron chi connectivity index (χ3n) is 2.04. The van der Waals surface area contributed by atoms with Gasteiger partial charge in [-0.2, -0.15) is 13.5 Å². The van der Waals surface area contributed by atoms with Crippen LogP contribution in [0.2, 0.25) is 0 Å². The number of carboxylic acid groups (broad SMARTS) is 1. The Morgan fingerprint density at radius 2 is 2.00 bits per heavy atom. The molecule has 2 nitrogen and oxygen atoms in total. The fourth-order valence-electron chi connectivity index (χ4n) is 0.963. The Bertz CT molecular complexity index is 164. The van der Waals surface area contributed by atoms with Crippen LogP contribution in [0.4, 0.5) is 0 Å². The lowest BCUT2D eigenvalue weighted by molar-refractivity contribution is -0.147. The second-order valence-electron chi connectivity index (χ2n) is 3.72. The van der Waals surface area contributed by atoms with E-state index in [1.165, 1.54) is 0 Å². The molecule has 3 heteroatoms. The molecule has 0 amide bonds. The van der Waals surface area contributed by atoms with Gasteiger partial charge in [-0.05, 0) is 33.1 Å². The molecule has 0 aliphatic rings. The van der Waals surface area contributed by atoms with Gasteiger partial charge in [0.25, 0.3) is 0 Å². The number of unbranched alkanes of at least 4 members (excludes halogenated alkanes) is 2. The van der Waals surface area contributed by atoms with Crippen LogP contribution >= 0.6 is 13.5 Å². The molecule has 0 aliphatic carbocycles. The van der Waals surface area contributed by atoms with E-state index in [0.717, 1.165) is 25.7 Å². The summed E-state index contributed by atoms with van der Waals surface area (Å²) in [4.78, 5) is 10.7. The van der Waals surface area contributed by atoms with E-state index in [1.54, 1.807) is 13.8 Å². The van der Waals surface area contributed by atoms with Crippen molar-refractivity contribution >= 4 is 19.5 Å². The molecular formula is C10H20O2S. The van der Waals surface area contributed by atoms with Gasteiger partial charge < -0.3 is 5.11 Å². The fraction of sp³-hybridized carbons (Fsp3) is 0.700. The summed E-state index contributed by atoms with van der Waals surface area (Å²) in [5.74, 6) is -0.707. The lowest BCUT2D eigenvalue weighted by Crippen LogP contribution is -2.23. The van der Waals surface area contributed by atoms with Crippen molar-refractivity contribution in [3.8, 4) is 0 Å². The summed E-state index contributed by atoms with van der Waals surface area (Å²) in [6.45, 7) is 7.15. The third-order valence-corrected chi connectivity index (χ3v) is 2.04. The van der Waals surface area contributed by atoms with E-state index in [4.69, 9.17) is 5.11 Å². The Kier molecular flexibility index (Phi) is 8.12. The first-order valence-corrected chi connectivity index (χ1v) is 4.35. The first-order valence-electron chi connectivity index (χ1n) is 4.35. The molecule has 0 fully saturated rings. The van der Waals surface area contributed by atoms with E-state index in [0.29, 0.717) is 0 Å². The van der Waals surface area contributed by atoms with Gasteiger partial charge in [-0.1, -0.05) is 12.5 Å². The van der Waals surface area contributed by atoms with E-state index >= 15 is 0 Å². The van der Waals surface area contributed by atoms with Gasteiger partial charge in [0, 0.05) is 0 Å². The molecule has 0 heterocycles. The lowest BCUT2D eigenvalue weighted by atomic mass is 9.87. The van der Waals surface area contributed by atoms with E-state index < -0.39 is 11.4 Å². The van der Waals surface area contributed by atoms with Gasteiger partial charge in [0.2, 0.25) is 0 Å². The minimum absolute atomic E-state index is 0. The van der Waals surface area contributed by atoms with Gasteiger partial charge in [0.15, 0.2) is 0 Å². The summed E-state index contributed by atoms with van der Waals surface area (Å²) in [7, 11) is 0. The summed E-state index contributed by atoms with van der Waals surface area (Å²) in [5.41, 5.74) is -0.568. The number of rotatable bonds is 6. The van der Waals surface area contributed by atoms with Gasteiger partial charge >= 0.3 is 5.97 Å². The molecule has 0 radical (unpaired) electrons. The SMILES string of the molecule is C=CCCCCC(C)(C)C(=O)O.S. The minimum Gasteiger partial charge on any atom is -0.481 e. The number of carboxylic acids is 1. The van der Waals surface area contributed by atoms with Crippen LogP contribution in [0.25, 0.3) is 0 Å². The van der Waals surface area contributed by atoms with Crippen LogP contribution in [0.3, 0.4) is 0 Å². The maximum atomic E-state index is 10.7. The Morgan fingerprint density at radius 3 is 2.38 bits per heavy atom. The molecule has 0 bridgehead atoms. The molecule has 0 aliphatic heterocycles. The predicted molar refractivity (Wildman–Crippen MR) is 60.5 cm³/mol. The quantitative estimate of drug-likeness (QED) is 0.533. The van der Waals surface area contributed by atoms with Crippen molar-refractivity contribution in [3.63, 3.8) is 0 Å². The van der Waals surface area contributed by atoms with E-state index in [-0.39, 0.29) is 13.5 Å². The highest BCUT2D eigenvalue weighted by molar-refractivity contribution is 7.59. The molecule has 0 saturated heterocycles. The summed E-state index contributed by atoms with van der Waals surface area (Å²) in [6, 6.07) is 0. The maximum Gasteiger partial charge on any atom is 0.309 e. The maximum absolute atomic E-state index is 10.7. The second-order valence-corrected chi connectivity index (χ2v) is 3.72. The molecule has 0 unspecified atom stereocenters. The summed E-state index contributed by atoms with van der Waals surface area (Å²) in [6.07, 6.45) is 5.60. The average Bonchev–Trinajstić information content (AvgIpc) is 1.98. The lowest BCUT2D eigenvalue weighted by Gasteiger charge is -2.18. The zero-order valence-corrected chi connectivity index (χ0v) is 9.47. The number of hydrogen-bond acceptors (Lipinski definition) is 1. The smallest absolute Gasteiger partial charge is 0.309 e. The van der Waals surface area contributed by atoms with Crippen molar-refractivity contribution in [1.82, 2.24) is 0 Å². The number of allylic oxidation sites excluding steroid dienone is 1. The molecule has 1 N–H and O–H groups in total. The van der Waals surface area contributed by atoms with Gasteiger partial charge in [-0.3, -0.25) is 4.79 Å². The standard InChI is InChI=1S/C10H18O2.H2S/c1-4-5-6-7-8-10(2,3)9(11)12;/h4H,1,5-8H2,2-3H3,(H,11,12);1H2. The number of hydrogen-bond donors (Lipinski definition) is 1. The molecule has 0 aromatic rings. The van der Waals surface area contributed by atoms with Crippen molar-refractivity contribution in [1.29, 1.82) is 0 Å². The highest BCUT2D eigenvalue weighted by Crippen LogP contribution is 2.23. The van der Waals surface area contributed by atoms with Gasteiger partial charge in [0.1, 0.15) is 0 Å². The molecule has 78 valence electrons. The topological polar surface area (TPSA) is 37.3 Å². The van der Waals surface area contributed by atoms with Crippen LogP contribution in [0, 0.1) is 5.41 Å². The van der Waals surface area contributed by atoms with Crippen LogP contribution in [-0.4, -0.2) is 11.1 Å². The molecule has 0 aromatic heterocycles. The van der Waals surface area contributed by atoms with Gasteiger partial charge in [-0.25, -0.2) is 0 Å². The summed E-state index contributed by atoms with van der Waals surface area (Å²) < 4.78 is 0. The minimum atomic E-state index is -0.707. The zero-order valence-electron chi connectivity index (χ0n) is 8.47. The normalized spacial score (nSPS) is 10.3. The number of carbonyl (C=O) groups is 1. The van der Waals surface area contributed by atoms with Crippen LogP contribution in [0.1, 0.15) is 39.5 Å². The van der Waals surface area contributed by atoms with Crippen molar-refractivity contribution in [3.05, 3.63) is 12.7 Å². The van der Waals surface area contributed by atoms with Gasteiger partial charge in [-0.15, -0.1) is 6.58 Å². The van der Waals surface area contributed by atoms with Crippen molar-refractivity contribution < 1.29 is 9.90 Å². The number of aliphatic carboxylic acids is 1. The van der Waals surface area contributed by atoms with Crippen LogP contribution < -0.4 is 0 Å². The molecule has 0 aromatic carbocycles. The average molecular weight is 204 g/mol. The Morgan fingerprint density at radius 1 is 1.46 bits per heavy atom. The highest BCUT2D eigenvalue weighted by atomic mass is 32.1. The van der Waals surface area contributed by atoms with E-state index in [2.05, 4.69) is 6.58 Å². The molecule has 0 rings (SSSR count). The second kappa shape index (κ2) is 7.01. The molecule has 0 spiro atoms. The van der Waals surface area contributed by atoms with Crippen molar-refractivity contribution in [2.75, 3.05) is 0 Å². The first-order chi connectivity index (χ1) is 5.50. The Balaban J connectivity index is 0. The molecule has 13 heavy (non-hydrogen) atoms. The summed E-state index contributed by atoms with van der Waals surface area (Å²) >= 11 is 0. The van der Waals surface area contributed by atoms with Gasteiger partial charge in [0.05, 0.1) is 5.41 Å². The van der Waals surface area contributed by atoms with Crippen LogP contribution in [0.15, 0.2) is 12.7 Å². The van der Waals surface area contributed by atoms with E-state index in [9.17, 15) is 4.79 Å². The van der Waals surface area contributed by atoms with Crippen molar-refractivity contribution in [2.24, 2.45) is 5.41 Å². The van der Waals surface area contributed by atoms with Crippen LogP contribution in [-0.2, 0) is 4.79 Å². The largest absolute Gasteiger partial charge is 0.481 e. The van der Waals surface area contributed by atoms with E-state index in [1.807, 2.05) is 6.08 Å². The molecule has 0 saturated carbocycles. The highest BCUT2D eigenvalue weighted by Gasteiger charge is 2.25. The third kappa shape index (κ3) is 6.70.